The molecule has 168 valence electrons. The number of rotatable bonds is 8. The lowest BCUT2D eigenvalue weighted by Crippen LogP contribution is -2.54. The van der Waals surface area contributed by atoms with Crippen LogP contribution >= 0.6 is 11.6 Å². The van der Waals surface area contributed by atoms with Crippen LogP contribution < -0.4 is 20.8 Å². The number of aromatic nitrogens is 2. The molecule has 1 aliphatic rings. The van der Waals surface area contributed by atoms with E-state index in [1.807, 2.05) is 18.0 Å². The molecule has 4 rings (SSSR count). The number of hydrogen-bond acceptors (Lipinski definition) is 7. The number of methoxy groups -OCH3 is 1. The van der Waals surface area contributed by atoms with Gasteiger partial charge >= 0.3 is 0 Å². The zero-order valence-electron chi connectivity index (χ0n) is 17.8. The minimum atomic E-state index is -0.556. The summed E-state index contributed by atoms with van der Waals surface area (Å²) in [6.45, 7) is 4.37. The fourth-order valence-electron chi connectivity index (χ4n) is 3.43. The average molecular weight is 459 g/mol. The predicted octanol–water partition coefficient (Wildman–Crippen LogP) is 3.25. The Labute approximate surface area is 190 Å². The van der Waals surface area contributed by atoms with Crippen LogP contribution in [-0.2, 0) is 11.3 Å². The molecule has 1 fully saturated rings. The van der Waals surface area contributed by atoms with Crippen LogP contribution in [0.2, 0.25) is 5.02 Å². The van der Waals surface area contributed by atoms with Crippen molar-refractivity contribution in [2.24, 2.45) is 5.92 Å². The molecule has 0 saturated carbocycles. The quantitative estimate of drug-likeness (QED) is 0.446. The maximum atomic E-state index is 14.4. The van der Waals surface area contributed by atoms with Crippen molar-refractivity contribution in [1.29, 1.82) is 0 Å². The Bertz CT molecular complexity index is 1140. The summed E-state index contributed by atoms with van der Waals surface area (Å²) < 4.78 is 20.0. The van der Waals surface area contributed by atoms with Crippen LogP contribution in [0.5, 0.6) is 5.75 Å². The largest absolute Gasteiger partial charge is 0.496 e. The van der Waals surface area contributed by atoms with Gasteiger partial charge in [-0.05, 0) is 18.2 Å². The molecule has 0 bridgehead atoms. The van der Waals surface area contributed by atoms with Crippen molar-refractivity contribution in [2.45, 2.75) is 13.5 Å². The van der Waals surface area contributed by atoms with E-state index in [0.29, 0.717) is 48.6 Å². The molecule has 8 nitrogen and oxygen atoms in total. The van der Waals surface area contributed by atoms with Gasteiger partial charge in [0.2, 0.25) is 5.91 Å². The van der Waals surface area contributed by atoms with Crippen molar-refractivity contribution in [1.82, 2.24) is 25.7 Å². The summed E-state index contributed by atoms with van der Waals surface area (Å²) in [5.41, 5.74) is 4.66. The first-order chi connectivity index (χ1) is 15.5. The summed E-state index contributed by atoms with van der Waals surface area (Å²) in [6.07, 6.45) is 1.40. The second kappa shape index (κ2) is 9.64. The Morgan fingerprint density at radius 3 is 2.84 bits per heavy atom. The summed E-state index contributed by atoms with van der Waals surface area (Å²) in [7, 11) is 1.58. The van der Waals surface area contributed by atoms with Gasteiger partial charge in [0.25, 0.3) is 0 Å². The van der Waals surface area contributed by atoms with Gasteiger partial charge in [0, 0.05) is 43.2 Å². The van der Waals surface area contributed by atoms with Crippen LogP contribution in [0, 0.1) is 11.7 Å². The molecule has 2 heterocycles. The van der Waals surface area contributed by atoms with Crippen LogP contribution in [0.25, 0.3) is 10.9 Å². The van der Waals surface area contributed by atoms with Gasteiger partial charge < -0.3 is 15.4 Å². The highest BCUT2D eigenvalue weighted by Crippen LogP contribution is 2.32. The lowest BCUT2D eigenvalue weighted by Gasteiger charge is -2.30. The minimum absolute atomic E-state index is 0.00697. The second-order valence-corrected chi connectivity index (χ2v) is 7.88. The van der Waals surface area contributed by atoms with Gasteiger partial charge in [0.15, 0.2) is 5.82 Å². The van der Waals surface area contributed by atoms with E-state index in [0.717, 1.165) is 5.56 Å². The molecule has 0 radical (unpaired) electrons. The number of benzene rings is 2. The molecule has 3 N–H and O–H groups in total. The highest BCUT2D eigenvalue weighted by molar-refractivity contribution is 6.31. The van der Waals surface area contributed by atoms with E-state index in [1.165, 1.54) is 12.4 Å². The number of fused-ring (bicyclic) bond motifs is 1. The standard InChI is InChI=1S/C22H24ClFN6O2/c1-3-30(29-22(31)14-9-25-10-14)11-13-7-15-18(8-19(13)32-2)26-12-27-21(15)28-17-6-4-5-16(23)20(17)24/h4-8,12,14,25H,3,9-11H2,1-2H3,(H,29,31)(H,26,27,28). The molecule has 2 aromatic carbocycles. The maximum absolute atomic E-state index is 14.4. The Morgan fingerprint density at radius 1 is 1.34 bits per heavy atom. The van der Waals surface area contributed by atoms with Crippen molar-refractivity contribution in [3.63, 3.8) is 0 Å². The van der Waals surface area contributed by atoms with Crippen molar-refractivity contribution >= 4 is 39.9 Å². The maximum Gasteiger partial charge on any atom is 0.239 e. The Balaban J connectivity index is 1.65. The fraction of sp³-hybridized carbons (Fsp3) is 0.318. The zero-order valence-corrected chi connectivity index (χ0v) is 18.5. The number of ether oxygens (including phenoxy) is 1. The van der Waals surface area contributed by atoms with Gasteiger partial charge in [-0.1, -0.05) is 24.6 Å². The van der Waals surface area contributed by atoms with Crippen molar-refractivity contribution in [2.75, 3.05) is 32.1 Å². The number of carbonyl (C=O) groups is 1. The van der Waals surface area contributed by atoms with E-state index in [9.17, 15) is 9.18 Å². The number of nitrogens with one attached hydrogen (secondary N) is 3. The third-order valence-electron chi connectivity index (χ3n) is 5.41. The highest BCUT2D eigenvalue weighted by atomic mass is 35.5. The summed E-state index contributed by atoms with van der Waals surface area (Å²) in [6, 6.07) is 8.42. The van der Waals surface area contributed by atoms with Crippen LogP contribution in [0.4, 0.5) is 15.9 Å². The van der Waals surface area contributed by atoms with Gasteiger partial charge in [0.1, 0.15) is 17.9 Å². The smallest absolute Gasteiger partial charge is 0.239 e. The normalized spacial score (nSPS) is 13.8. The van der Waals surface area contributed by atoms with Crippen LogP contribution in [0.1, 0.15) is 12.5 Å². The third kappa shape index (κ3) is 4.59. The topological polar surface area (TPSA) is 91.4 Å². The molecule has 0 aliphatic carbocycles. The van der Waals surface area contributed by atoms with Gasteiger partial charge in [0.05, 0.1) is 29.3 Å². The molecule has 10 heteroatoms. The summed E-state index contributed by atoms with van der Waals surface area (Å²) >= 11 is 5.91. The number of nitrogens with zero attached hydrogens (tertiary/aromatic N) is 3. The SMILES string of the molecule is CCN(Cc1cc2c(Nc3cccc(Cl)c3F)ncnc2cc1OC)NC(=O)C1CNC1. The fourth-order valence-corrected chi connectivity index (χ4v) is 3.60. The number of halogens is 2. The first-order valence-electron chi connectivity index (χ1n) is 10.3. The third-order valence-corrected chi connectivity index (χ3v) is 5.70. The lowest BCUT2D eigenvalue weighted by atomic mass is 10.0. The molecule has 1 aliphatic heterocycles. The van der Waals surface area contributed by atoms with E-state index in [4.69, 9.17) is 16.3 Å². The predicted molar refractivity (Wildman–Crippen MR) is 121 cm³/mol. The van der Waals surface area contributed by atoms with Gasteiger partial charge in [-0.15, -0.1) is 0 Å². The van der Waals surface area contributed by atoms with Crippen LogP contribution in [0.3, 0.4) is 0 Å². The van der Waals surface area contributed by atoms with E-state index >= 15 is 0 Å². The van der Waals surface area contributed by atoms with E-state index in [2.05, 4.69) is 26.0 Å². The molecular weight excluding hydrogens is 435 g/mol. The molecule has 1 aromatic heterocycles. The Hall–Kier alpha value is -3.01. The summed E-state index contributed by atoms with van der Waals surface area (Å²) in [5, 5.41) is 8.65. The Kier molecular flexibility index (Phi) is 6.69. The summed E-state index contributed by atoms with van der Waals surface area (Å²) in [5.74, 6) is 0.494. The number of hydrogen-bond donors (Lipinski definition) is 3. The number of amides is 1. The molecule has 1 amide bonds. The highest BCUT2D eigenvalue weighted by Gasteiger charge is 2.26. The number of carbonyl (C=O) groups excluding carboxylic acids is 1. The van der Waals surface area contributed by atoms with Gasteiger partial charge in [-0.2, -0.15) is 0 Å². The van der Waals surface area contributed by atoms with Gasteiger partial charge in [-0.3, -0.25) is 10.2 Å². The second-order valence-electron chi connectivity index (χ2n) is 7.48. The van der Waals surface area contributed by atoms with Crippen molar-refractivity contribution in [3.05, 3.63) is 53.1 Å². The van der Waals surface area contributed by atoms with E-state index < -0.39 is 5.82 Å². The molecule has 0 atom stereocenters. The molecule has 0 spiro atoms. The van der Waals surface area contributed by atoms with E-state index in [1.54, 1.807) is 25.3 Å². The van der Waals surface area contributed by atoms with Gasteiger partial charge in [-0.25, -0.2) is 19.4 Å². The molecular formula is C22H24ClFN6O2. The van der Waals surface area contributed by atoms with Crippen LogP contribution in [-0.4, -0.2) is 47.6 Å². The average Bonchev–Trinajstić information content (AvgIpc) is 2.75. The van der Waals surface area contributed by atoms with Crippen molar-refractivity contribution < 1.29 is 13.9 Å². The monoisotopic (exact) mass is 458 g/mol. The first kappa shape index (κ1) is 22.2. The molecule has 0 unspecified atom stereocenters. The molecule has 1 saturated heterocycles. The minimum Gasteiger partial charge on any atom is -0.496 e. The van der Waals surface area contributed by atoms with Crippen molar-refractivity contribution in [3.8, 4) is 5.75 Å². The number of anilines is 2. The first-order valence-corrected chi connectivity index (χ1v) is 10.7. The van der Waals surface area contributed by atoms with Crippen LogP contribution in [0.15, 0.2) is 36.7 Å². The molecule has 3 aromatic rings. The Morgan fingerprint density at radius 2 is 2.16 bits per heavy atom. The summed E-state index contributed by atoms with van der Waals surface area (Å²) in [4.78, 5) is 21.0. The number of hydrazine groups is 1. The lowest BCUT2D eigenvalue weighted by molar-refractivity contribution is -0.131. The zero-order chi connectivity index (χ0) is 22.7. The molecule has 32 heavy (non-hydrogen) atoms. The van der Waals surface area contributed by atoms with E-state index in [-0.39, 0.29) is 22.5 Å².